The molecule has 0 saturated carbocycles. The minimum absolute atomic E-state index is 0.186. The Balaban J connectivity index is 2.22. The fourth-order valence-corrected chi connectivity index (χ4v) is 2.06. The number of rotatable bonds is 2. The zero-order valence-corrected chi connectivity index (χ0v) is 11.2. The highest BCUT2D eigenvalue weighted by atomic mass is 35.5. The molecule has 0 radical (unpaired) electrons. The Morgan fingerprint density at radius 3 is 3.05 bits per heavy atom. The summed E-state index contributed by atoms with van der Waals surface area (Å²) in [5.41, 5.74) is 0.225. The lowest BCUT2D eigenvalue weighted by Crippen LogP contribution is -2.55. The molecule has 2 heterocycles. The van der Waals surface area contributed by atoms with Crippen molar-refractivity contribution < 1.29 is 14.3 Å². The summed E-state index contributed by atoms with van der Waals surface area (Å²) >= 11 is 5.84. The first-order valence-corrected chi connectivity index (χ1v) is 6.23. The minimum atomic E-state index is -0.632. The summed E-state index contributed by atoms with van der Waals surface area (Å²) < 4.78 is 5.24. The van der Waals surface area contributed by atoms with Crippen LogP contribution in [0.2, 0.25) is 5.02 Å². The number of aromatic nitrogens is 1. The second-order valence-electron chi connectivity index (χ2n) is 4.06. The zero-order chi connectivity index (χ0) is 13.8. The fraction of sp³-hybridized carbons (Fsp3) is 0.417. The van der Waals surface area contributed by atoms with Crippen LogP contribution in [0.25, 0.3) is 0 Å². The van der Waals surface area contributed by atoms with Gasteiger partial charge in [0.2, 0.25) is 5.91 Å². The largest absolute Gasteiger partial charge is 0.377 e. The Morgan fingerprint density at radius 2 is 2.37 bits per heavy atom. The van der Waals surface area contributed by atoms with E-state index in [2.05, 4.69) is 10.3 Å². The maximum Gasteiger partial charge on any atom is 0.273 e. The fourth-order valence-electron chi connectivity index (χ4n) is 1.90. The third-order valence-corrected chi connectivity index (χ3v) is 3.11. The number of hydrogen-bond acceptors (Lipinski definition) is 4. The van der Waals surface area contributed by atoms with E-state index in [1.165, 1.54) is 24.2 Å². The van der Waals surface area contributed by atoms with Crippen LogP contribution in [0.3, 0.4) is 0 Å². The number of ether oxygens (including phenoxy) is 1. The number of morpholine rings is 1. The van der Waals surface area contributed by atoms with Crippen LogP contribution in [-0.4, -0.2) is 54.5 Å². The SMILES string of the molecule is CNC(=O)C1COCCN1C(=O)c1cc(Cl)ccn1. The van der Waals surface area contributed by atoms with Gasteiger partial charge in [-0.25, -0.2) is 0 Å². The molecule has 0 aliphatic carbocycles. The molecule has 0 spiro atoms. The third-order valence-electron chi connectivity index (χ3n) is 2.88. The minimum Gasteiger partial charge on any atom is -0.377 e. The summed E-state index contributed by atoms with van der Waals surface area (Å²) in [7, 11) is 1.53. The maximum atomic E-state index is 12.4. The number of nitrogens with zero attached hydrogens (tertiary/aromatic N) is 2. The molecule has 6 nitrogen and oxygen atoms in total. The highest BCUT2D eigenvalue weighted by molar-refractivity contribution is 6.30. The van der Waals surface area contributed by atoms with Gasteiger partial charge in [0.25, 0.3) is 5.91 Å². The molecule has 0 bridgehead atoms. The lowest BCUT2D eigenvalue weighted by molar-refractivity contribution is -0.130. The van der Waals surface area contributed by atoms with Crippen LogP contribution in [-0.2, 0) is 9.53 Å². The molecule has 1 aromatic heterocycles. The van der Waals surface area contributed by atoms with Gasteiger partial charge in [0.15, 0.2) is 0 Å². The highest BCUT2D eigenvalue weighted by Gasteiger charge is 2.33. The van der Waals surface area contributed by atoms with Gasteiger partial charge in [0, 0.05) is 24.8 Å². The van der Waals surface area contributed by atoms with Gasteiger partial charge in [-0.15, -0.1) is 0 Å². The van der Waals surface area contributed by atoms with Gasteiger partial charge in [-0.2, -0.15) is 0 Å². The van der Waals surface area contributed by atoms with E-state index < -0.39 is 6.04 Å². The van der Waals surface area contributed by atoms with Crippen LogP contribution in [0.1, 0.15) is 10.5 Å². The summed E-state index contributed by atoms with van der Waals surface area (Å²) in [5.74, 6) is -0.575. The molecule has 1 aliphatic rings. The Kier molecular flexibility index (Phi) is 4.34. The van der Waals surface area contributed by atoms with Crippen LogP contribution >= 0.6 is 11.6 Å². The van der Waals surface area contributed by atoms with Crippen molar-refractivity contribution in [3.8, 4) is 0 Å². The summed E-state index contributed by atoms with van der Waals surface area (Å²) in [6, 6.07) is 2.45. The monoisotopic (exact) mass is 283 g/mol. The lowest BCUT2D eigenvalue weighted by Gasteiger charge is -2.34. The van der Waals surface area contributed by atoms with Crippen molar-refractivity contribution in [3.63, 3.8) is 0 Å². The van der Waals surface area contributed by atoms with Crippen molar-refractivity contribution in [1.82, 2.24) is 15.2 Å². The van der Waals surface area contributed by atoms with Crippen LogP contribution in [0.15, 0.2) is 18.3 Å². The first-order valence-electron chi connectivity index (χ1n) is 5.85. The first-order chi connectivity index (χ1) is 9.13. The van der Waals surface area contributed by atoms with Crippen molar-refractivity contribution in [2.24, 2.45) is 0 Å². The van der Waals surface area contributed by atoms with Crippen molar-refractivity contribution >= 4 is 23.4 Å². The van der Waals surface area contributed by atoms with Crippen molar-refractivity contribution in [2.75, 3.05) is 26.8 Å². The molecule has 102 valence electrons. The average Bonchev–Trinajstić information content (AvgIpc) is 2.45. The molecule has 1 unspecified atom stereocenters. The van der Waals surface area contributed by atoms with Crippen LogP contribution in [0.4, 0.5) is 0 Å². The van der Waals surface area contributed by atoms with E-state index in [1.807, 2.05) is 0 Å². The summed E-state index contributed by atoms with van der Waals surface area (Å²) in [5, 5.41) is 2.96. The Morgan fingerprint density at radius 1 is 1.58 bits per heavy atom. The molecule has 7 heteroatoms. The first kappa shape index (κ1) is 13.8. The molecule has 0 aromatic carbocycles. The smallest absolute Gasteiger partial charge is 0.273 e. The molecule has 1 fully saturated rings. The van der Waals surface area contributed by atoms with Gasteiger partial charge >= 0.3 is 0 Å². The standard InChI is InChI=1S/C12H14ClN3O3/c1-14-11(17)10-7-19-5-4-16(10)12(18)9-6-8(13)2-3-15-9/h2-3,6,10H,4-5,7H2,1H3,(H,14,17). The average molecular weight is 284 g/mol. The van der Waals surface area contributed by atoms with E-state index in [4.69, 9.17) is 16.3 Å². The second-order valence-corrected chi connectivity index (χ2v) is 4.50. The van der Waals surface area contributed by atoms with Crippen LogP contribution in [0.5, 0.6) is 0 Å². The van der Waals surface area contributed by atoms with Gasteiger partial charge in [0.1, 0.15) is 11.7 Å². The molecule has 1 N–H and O–H groups in total. The molecule has 2 amide bonds. The number of halogens is 1. The summed E-state index contributed by atoms with van der Waals surface area (Å²) in [4.78, 5) is 29.5. The number of nitrogens with one attached hydrogen (secondary N) is 1. The predicted octanol–water partition coefficient (Wildman–Crippen LogP) is 0.322. The van der Waals surface area contributed by atoms with E-state index in [1.54, 1.807) is 6.07 Å². The number of amides is 2. The summed E-state index contributed by atoms with van der Waals surface area (Å²) in [6.45, 7) is 0.941. The third kappa shape index (κ3) is 3.02. The van der Waals surface area contributed by atoms with E-state index >= 15 is 0 Å². The molecular formula is C12H14ClN3O3. The topological polar surface area (TPSA) is 71.5 Å². The molecule has 1 saturated heterocycles. The molecule has 19 heavy (non-hydrogen) atoms. The van der Waals surface area contributed by atoms with Crippen molar-refractivity contribution in [3.05, 3.63) is 29.0 Å². The van der Waals surface area contributed by atoms with Crippen LogP contribution in [0, 0.1) is 0 Å². The Hall–Kier alpha value is -1.66. The van der Waals surface area contributed by atoms with E-state index in [0.29, 0.717) is 18.2 Å². The normalized spacial score (nSPS) is 19.1. The lowest BCUT2D eigenvalue weighted by atomic mass is 10.2. The van der Waals surface area contributed by atoms with Crippen molar-refractivity contribution in [1.29, 1.82) is 0 Å². The number of carbonyl (C=O) groups is 2. The second kappa shape index (κ2) is 5.99. The van der Waals surface area contributed by atoms with Gasteiger partial charge in [-0.05, 0) is 12.1 Å². The van der Waals surface area contributed by atoms with Gasteiger partial charge in [0.05, 0.1) is 13.2 Å². The number of carbonyl (C=O) groups excluding carboxylic acids is 2. The van der Waals surface area contributed by atoms with Gasteiger partial charge < -0.3 is 15.0 Å². The number of pyridine rings is 1. The summed E-state index contributed by atoms with van der Waals surface area (Å²) in [6.07, 6.45) is 1.46. The molecule has 1 aromatic rings. The molecule has 2 rings (SSSR count). The Labute approximate surface area is 115 Å². The predicted molar refractivity (Wildman–Crippen MR) is 69.0 cm³/mol. The Bertz CT molecular complexity index is 495. The molecule has 1 aliphatic heterocycles. The van der Waals surface area contributed by atoms with E-state index in [9.17, 15) is 9.59 Å². The maximum absolute atomic E-state index is 12.4. The van der Waals surface area contributed by atoms with Gasteiger partial charge in [-0.1, -0.05) is 11.6 Å². The van der Waals surface area contributed by atoms with Crippen molar-refractivity contribution in [2.45, 2.75) is 6.04 Å². The zero-order valence-electron chi connectivity index (χ0n) is 10.4. The molecule has 1 atom stereocenters. The number of hydrogen-bond donors (Lipinski definition) is 1. The number of likely N-dealkylation sites (N-methyl/N-ethyl adjacent to an activating group) is 1. The van der Waals surface area contributed by atoms with E-state index in [-0.39, 0.29) is 24.1 Å². The highest BCUT2D eigenvalue weighted by Crippen LogP contribution is 2.14. The van der Waals surface area contributed by atoms with Crippen LogP contribution < -0.4 is 5.32 Å². The quantitative estimate of drug-likeness (QED) is 0.849. The van der Waals surface area contributed by atoms with Gasteiger partial charge in [-0.3, -0.25) is 14.6 Å². The molecular weight excluding hydrogens is 270 g/mol. The van der Waals surface area contributed by atoms with E-state index in [0.717, 1.165) is 0 Å².